The molecule has 1 fully saturated rings. The van der Waals surface area contributed by atoms with Crippen LogP contribution in [0.5, 0.6) is 5.75 Å². The Kier molecular flexibility index (Phi) is 8.19. The molecule has 146 valence electrons. The van der Waals surface area contributed by atoms with Crippen molar-refractivity contribution in [2.75, 3.05) is 60.5 Å². The Balaban J connectivity index is 1.80. The molecule has 1 saturated heterocycles. The van der Waals surface area contributed by atoms with Gasteiger partial charge in [0.05, 0.1) is 7.11 Å². The molecule has 0 aromatic heterocycles. The van der Waals surface area contributed by atoms with Crippen LogP contribution in [-0.4, -0.2) is 87.2 Å². The van der Waals surface area contributed by atoms with E-state index in [0.717, 1.165) is 44.4 Å². The van der Waals surface area contributed by atoms with E-state index in [4.69, 9.17) is 4.74 Å². The van der Waals surface area contributed by atoms with Crippen LogP contribution in [0.15, 0.2) is 29.3 Å². The molecule has 1 aromatic carbocycles. The van der Waals surface area contributed by atoms with E-state index >= 15 is 0 Å². The van der Waals surface area contributed by atoms with Crippen LogP contribution in [0.2, 0.25) is 0 Å². The first-order valence-electron chi connectivity index (χ1n) is 9.58. The summed E-state index contributed by atoms with van der Waals surface area (Å²) in [7, 11) is 5.61. The molecule has 2 rings (SSSR count). The van der Waals surface area contributed by atoms with Crippen molar-refractivity contribution in [3.8, 4) is 5.75 Å². The van der Waals surface area contributed by atoms with Gasteiger partial charge >= 0.3 is 0 Å². The highest BCUT2D eigenvalue weighted by molar-refractivity contribution is 5.79. The topological polar surface area (TPSA) is 43.3 Å². The van der Waals surface area contributed by atoms with Crippen molar-refractivity contribution < 1.29 is 4.74 Å². The second-order valence-corrected chi connectivity index (χ2v) is 6.95. The SMILES string of the molecule is CCN1CCN(C(C)CNC(=NC)N(C)Cc2ccc(OC)cc2)CC1. The summed E-state index contributed by atoms with van der Waals surface area (Å²) in [5, 5.41) is 3.53. The van der Waals surface area contributed by atoms with Crippen molar-refractivity contribution in [3.63, 3.8) is 0 Å². The number of likely N-dealkylation sites (N-methyl/N-ethyl adjacent to an activating group) is 1. The number of hydrogen-bond acceptors (Lipinski definition) is 4. The number of hydrogen-bond donors (Lipinski definition) is 1. The molecule has 0 spiro atoms. The minimum absolute atomic E-state index is 0.500. The van der Waals surface area contributed by atoms with Gasteiger partial charge in [-0.05, 0) is 31.2 Å². The molecule has 1 aliphatic heterocycles. The van der Waals surface area contributed by atoms with Gasteiger partial charge in [0.25, 0.3) is 0 Å². The molecule has 0 saturated carbocycles. The molecule has 1 atom stereocenters. The highest BCUT2D eigenvalue weighted by atomic mass is 16.5. The van der Waals surface area contributed by atoms with Gasteiger partial charge < -0.3 is 19.9 Å². The largest absolute Gasteiger partial charge is 0.497 e. The minimum atomic E-state index is 0.500. The second kappa shape index (κ2) is 10.4. The first kappa shape index (κ1) is 20.5. The molecule has 1 aliphatic rings. The molecule has 1 heterocycles. The molecular weight excluding hydrogens is 326 g/mol. The lowest BCUT2D eigenvalue weighted by molar-refractivity contribution is 0.107. The number of piperazine rings is 1. The van der Waals surface area contributed by atoms with Crippen LogP contribution in [0.4, 0.5) is 0 Å². The average Bonchev–Trinajstić information content (AvgIpc) is 2.69. The number of nitrogens with one attached hydrogen (secondary N) is 1. The zero-order chi connectivity index (χ0) is 18.9. The van der Waals surface area contributed by atoms with E-state index in [1.807, 2.05) is 19.2 Å². The van der Waals surface area contributed by atoms with Gasteiger partial charge in [0, 0.05) is 59.4 Å². The fourth-order valence-corrected chi connectivity index (χ4v) is 3.35. The van der Waals surface area contributed by atoms with Gasteiger partial charge in [-0.25, -0.2) is 0 Å². The van der Waals surface area contributed by atoms with E-state index in [0.29, 0.717) is 6.04 Å². The summed E-state index contributed by atoms with van der Waals surface area (Å²) in [5.74, 6) is 1.82. The summed E-state index contributed by atoms with van der Waals surface area (Å²) in [5.41, 5.74) is 1.24. The maximum Gasteiger partial charge on any atom is 0.193 e. The van der Waals surface area contributed by atoms with E-state index in [1.165, 1.54) is 18.7 Å². The van der Waals surface area contributed by atoms with Crippen molar-refractivity contribution in [2.24, 2.45) is 4.99 Å². The molecule has 0 amide bonds. The van der Waals surface area contributed by atoms with Crippen LogP contribution < -0.4 is 10.1 Å². The van der Waals surface area contributed by atoms with Gasteiger partial charge in [0.2, 0.25) is 0 Å². The Morgan fingerprint density at radius 3 is 2.42 bits per heavy atom. The Labute approximate surface area is 158 Å². The lowest BCUT2D eigenvalue weighted by atomic mass is 10.2. The van der Waals surface area contributed by atoms with Crippen LogP contribution in [0.3, 0.4) is 0 Å². The van der Waals surface area contributed by atoms with E-state index in [-0.39, 0.29) is 0 Å². The zero-order valence-corrected chi connectivity index (χ0v) is 17.0. The van der Waals surface area contributed by atoms with Gasteiger partial charge in [-0.15, -0.1) is 0 Å². The summed E-state index contributed by atoms with van der Waals surface area (Å²) in [6.45, 7) is 12.1. The third-order valence-corrected chi connectivity index (χ3v) is 5.19. The number of methoxy groups -OCH3 is 1. The lowest BCUT2D eigenvalue weighted by Gasteiger charge is -2.38. The Hall–Kier alpha value is -1.79. The molecular formula is C20H35N5O. The quantitative estimate of drug-likeness (QED) is 0.592. The summed E-state index contributed by atoms with van der Waals surface area (Å²) in [4.78, 5) is 11.7. The van der Waals surface area contributed by atoms with Gasteiger partial charge in [0.1, 0.15) is 5.75 Å². The minimum Gasteiger partial charge on any atom is -0.497 e. The standard InChI is InChI=1S/C20H35N5O/c1-6-24-11-13-25(14-12-24)17(2)15-22-20(21-3)23(4)16-18-7-9-19(26-5)10-8-18/h7-10,17H,6,11-16H2,1-5H3,(H,21,22). The molecule has 6 nitrogen and oxygen atoms in total. The van der Waals surface area contributed by atoms with Crippen molar-refractivity contribution >= 4 is 5.96 Å². The Morgan fingerprint density at radius 1 is 1.23 bits per heavy atom. The second-order valence-electron chi connectivity index (χ2n) is 6.95. The van der Waals surface area contributed by atoms with Crippen molar-refractivity contribution in [2.45, 2.75) is 26.4 Å². The van der Waals surface area contributed by atoms with E-state index in [9.17, 15) is 0 Å². The van der Waals surface area contributed by atoms with Crippen molar-refractivity contribution in [1.29, 1.82) is 0 Å². The van der Waals surface area contributed by atoms with E-state index in [2.05, 4.69) is 58.0 Å². The molecule has 1 unspecified atom stereocenters. The molecule has 0 aliphatic carbocycles. The van der Waals surface area contributed by atoms with E-state index < -0.39 is 0 Å². The van der Waals surface area contributed by atoms with Crippen molar-refractivity contribution in [3.05, 3.63) is 29.8 Å². The summed E-state index contributed by atoms with van der Waals surface area (Å²) >= 11 is 0. The lowest BCUT2D eigenvalue weighted by Crippen LogP contribution is -2.53. The smallest absolute Gasteiger partial charge is 0.193 e. The highest BCUT2D eigenvalue weighted by Gasteiger charge is 2.20. The fourth-order valence-electron chi connectivity index (χ4n) is 3.35. The number of ether oxygens (including phenoxy) is 1. The summed E-state index contributed by atoms with van der Waals surface area (Å²) in [6.07, 6.45) is 0. The van der Waals surface area contributed by atoms with Crippen molar-refractivity contribution in [1.82, 2.24) is 20.0 Å². The van der Waals surface area contributed by atoms with Gasteiger partial charge in [-0.3, -0.25) is 9.89 Å². The van der Waals surface area contributed by atoms with Gasteiger partial charge in [-0.2, -0.15) is 0 Å². The number of guanidine groups is 1. The fraction of sp³-hybridized carbons (Fsp3) is 0.650. The number of benzene rings is 1. The summed E-state index contributed by atoms with van der Waals surface area (Å²) < 4.78 is 5.22. The molecule has 0 radical (unpaired) electrons. The third kappa shape index (κ3) is 5.88. The maximum atomic E-state index is 5.22. The third-order valence-electron chi connectivity index (χ3n) is 5.19. The zero-order valence-electron chi connectivity index (χ0n) is 17.0. The number of rotatable bonds is 7. The Morgan fingerprint density at radius 2 is 1.88 bits per heavy atom. The average molecular weight is 362 g/mol. The van der Waals surface area contributed by atoms with Gasteiger partial charge in [-0.1, -0.05) is 19.1 Å². The molecule has 0 bridgehead atoms. The molecule has 1 N–H and O–H groups in total. The van der Waals surface area contributed by atoms with Crippen LogP contribution in [0.1, 0.15) is 19.4 Å². The van der Waals surface area contributed by atoms with Gasteiger partial charge in [0.15, 0.2) is 5.96 Å². The summed E-state index contributed by atoms with van der Waals surface area (Å²) in [6, 6.07) is 8.69. The van der Waals surface area contributed by atoms with Crippen LogP contribution >= 0.6 is 0 Å². The number of nitrogens with zero attached hydrogens (tertiary/aromatic N) is 4. The first-order valence-corrected chi connectivity index (χ1v) is 9.58. The highest BCUT2D eigenvalue weighted by Crippen LogP contribution is 2.12. The monoisotopic (exact) mass is 361 g/mol. The maximum absolute atomic E-state index is 5.22. The molecule has 1 aromatic rings. The van der Waals surface area contributed by atoms with Crippen LogP contribution in [-0.2, 0) is 6.54 Å². The van der Waals surface area contributed by atoms with Crippen LogP contribution in [0, 0.1) is 0 Å². The normalized spacial score (nSPS) is 17.8. The predicted octanol–water partition coefficient (Wildman–Crippen LogP) is 1.73. The molecule has 6 heteroatoms. The Bertz CT molecular complexity index is 552. The predicted molar refractivity (Wildman–Crippen MR) is 109 cm³/mol. The van der Waals surface area contributed by atoms with E-state index in [1.54, 1.807) is 7.11 Å². The first-order chi connectivity index (χ1) is 12.6. The molecule has 26 heavy (non-hydrogen) atoms. The van der Waals surface area contributed by atoms with Crippen LogP contribution in [0.25, 0.3) is 0 Å². The number of aliphatic imine (C=N–C) groups is 1.